The molecule has 4 rings (SSSR count). The number of rotatable bonds is 6. The third kappa shape index (κ3) is 3.68. The van der Waals surface area contributed by atoms with Crippen LogP contribution < -0.4 is 5.32 Å². The van der Waals surface area contributed by atoms with Crippen LogP contribution in [0.25, 0.3) is 11.3 Å². The van der Waals surface area contributed by atoms with Gasteiger partial charge in [-0.2, -0.15) is 5.10 Å². The van der Waals surface area contributed by atoms with Crippen LogP contribution in [0.3, 0.4) is 0 Å². The van der Waals surface area contributed by atoms with Crippen LogP contribution in [-0.2, 0) is 0 Å². The van der Waals surface area contributed by atoms with Crippen molar-refractivity contribution >= 4 is 11.6 Å². The lowest BCUT2D eigenvalue weighted by atomic mass is 10.1. The van der Waals surface area contributed by atoms with E-state index in [-0.39, 0.29) is 17.5 Å². The van der Waals surface area contributed by atoms with E-state index in [0.29, 0.717) is 23.6 Å². The van der Waals surface area contributed by atoms with Gasteiger partial charge in [0.25, 0.3) is 5.91 Å². The van der Waals surface area contributed by atoms with E-state index in [9.17, 15) is 9.18 Å². The van der Waals surface area contributed by atoms with Crippen molar-refractivity contribution in [1.29, 1.82) is 0 Å². The fraction of sp³-hybridized carbons (Fsp3) is 0.273. The first-order valence-electron chi connectivity index (χ1n) is 9.91. The van der Waals surface area contributed by atoms with Gasteiger partial charge in [-0.05, 0) is 56.7 Å². The van der Waals surface area contributed by atoms with Crippen LogP contribution in [0.1, 0.15) is 53.4 Å². The standard InChI is InChI=1S/C22H23FN6O/c1-4-7-18(21-26-25-20-8-5-6-11-28(20)21)24-22(30)16-9-10-19(17(23)13-16)29-15(3)12-14(2)27-29/h5-6,8-13,18H,4,7H2,1-3H3,(H,24,30). The summed E-state index contributed by atoms with van der Waals surface area (Å²) in [4.78, 5) is 12.9. The zero-order valence-corrected chi connectivity index (χ0v) is 17.1. The second-order valence-corrected chi connectivity index (χ2v) is 7.31. The van der Waals surface area contributed by atoms with E-state index in [4.69, 9.17) is 0 Å². The number of nitrogens with zero attached hydrogens (tertiary/aromatic N) is 5. The number of aryl methyl sites for hydroxylation is 2. The summed E-state index contributed by atoms with van der Waals surface area (Å²) in [5.74, 6) is -0.214. The number of nitrogens with one attached hydrogen (secondary N) is 1. The number of pyridine rings is 1. The zero-order chi connectivity index (χ0) is 21.3. The SMILES string of the molecule is CCCC(NC(=O)c1ccc(-n2nc(C)cc2C)c(F)c1)c1nnc2ccccn12. The second-order valence-electron chi connectivity index (χ2n) is 7.31. The molecule has 4 aromatic rings. The fourth-order valence-corrected chi connectivity index (χ4v) is 3.59. The Morgan fingerprint density at radius 3 is 2.70 bits per heavy atom. The molecule has 1 N–H and O–H groups in total. The van der Waals surface area contributed by atoms with E-state index in [1.54, 1.807) is 12.1 Å². The lowest BCUT2D eigenvalue weighted by Crippen LogP contribution is -2.30. The van der Waals surface area contributed by atoms with Crippen molar-refractivity contribution in [3.05, 3.63) is 77.3 Å². The zero-order valence-electron chi connectivity index (χ0n) is 17.1. The molecule has 0 bridgehead atoms. The third-order valence-electron chi connectivity index (χ3n) is 4.98. The molecule has 1 aromatic carbocycles. The van der Waals surface area contributed by atoms with Crippen molar-refractivity contribution in [2.75, 3.05) is 0 Å². The van der Waals surface area contributed by atoms with Crippen LogP contribution in [0.4, 0.5) is 4.39 Å². The summed E-state index contributed by atoms with van der Waals surface area (Å²) in [6.45, 7) is 5.74. The van der Waals surface area contributed by atoms with E-state index in [2.05, 4.69) is 20.6 Å². The molecule has 0 aliphatic carbocycles. The first kappa shape index (κ1) is 19.8. The number of benzene rings is 1. The first-order valence-corrected chi connectivity index (χ1v) is 9.91. The van der Waals surface area contributed by atoms with Gasteiger partial charge in [0.05, 0.1) is 11.7 Å². The van der Waals surface area contributed by atoms with Crippen LogP contribution in [0.2, 0.25) is 0 Å². The second kappa shape index (κ2) is 8.06. The number of halogens is 1. The minimum atomic E-state index is -0.506. The van der Waals surface area contributed by atoms with Gasteiger partial charge < -0.3 is 5.32 Å². The molecule has 30 heavy (non-hydrogen) atoms. The van der Waals surface area contributed by atoms with E-state index >= 15 is 0 Å². The number of amides is 1. The maximum absolute atomic E-state index is 14.8. The molecular weight excluding hydrogens is 383 g/mol. The van der Waals surface area contributed by atoms with Gasteiger partial charge in [0.15, 0.2) is 11.5 Å². The third-order valence-corrected chi connectivity index (χ3v) is 4.98. The van der Waals surface area contributed by atoms with Crippen molar-refractivity contribution in [2.45, 2.75) is 39.7 Å². The Bertz CT molecular complexity index is 1210. The molecule has 3 aromatic heterocycles. The molecular formula is C22H23FN6O. The lowest BCUT2D eigenvalue weighted by Gasteiger charge is -2.17. The molecule has 0 saturated carbocycles. The number of carbonyl (C=O) groups excluding carboxylic acids is 1. The summed E-state index contributed by atoms with van der Waals surface area (Å²) in [6, 6.07) is 11.6. The first-order chi connectivity index (χ1) is 14.5. The van der Waals surface area contributed by atoms with Crippen LogP contribution in [0, 0.1) is 19.7 Å². The minimum Gasteiger partial charge on any atom is -0.342 e. The maximum Gasteiger partial charge on any atom is 0.251 e. The lowest BCUT2D eigenvalue weighted by molar-refractivity contribution is 0.0932. The summed E-state index contributed by atoms with van der Waals surface area (Å²) in [7, 11) is 0. The molecule has 7 nitrogen and oxygen atoms in total. The quantitative estimate of drug-likeness (QED) is 0.526. The Labute approximate surface area is 173 Å². The van der Waals surface area contributed by atoms with Gasteiger partial charge in [0, 0.05) is 17.5 Å². The fourth-order valence-electron chi connectivity index (χ4n) is 3.59. The predicted molar refractivity (Wildman–Crippen MR) is 111 cm³/mol. The average Bonchev–Trinajstić information content (AvgIpc) is 3.30. The predicted octanol–water partition coefficient (Wildman–Crippen LogP) is 3.94. The number of carbonyl (C=O) groups is 1. The molecule has 1 atom stereocenters. The van der Waals surface area contributed by atoms with Crippen molar-refractivity contribution in [3.8, 4) is 5.69 Å². The van der Waals surface area contributed by atoms with Gasteiger partial charge in [0.2, 0.25) is 0 Å². The smallest absolute Gasteiger partial charge is 0.251 e. The van der Waals surface area contributed by atoms with E-state index < -0.39 is 5.82 Å². The molecule has 0 aliphatic heterocycles. The highest BCUT2D eigenvalue weighted by Gasteiger charge is 2.21. The summed E-state index contributed by atoms with van der Waals surface area (Å²) in [6.07, 6.45) is 3.40. The summed E-state index contributed by atoms with van der Waals surface area (Å²) >= 11 is 0. The van der Waals surface area contributed by atoms with Gasteiger partial charge in [-0.3, -0.25) is 9.20 Å². The van der Waals surface area contributed by atoms with Crippen molar-refractivity contribution in [2.24, 2.45) is 0 Å². The van der Waals surface area contributed by atoms with Crippen LogP contribution in [-0.4, -0.2) is 30.3 Å². The highest BCUT2D eigenvalue weighted by atomic mass is 19.1. The van der Waals surface area contributed by atoms with Crippen LogP contribution in [0.5, 0.6) is 0 Å². The molecule has 0 aliphatic rings. The molecule has 0 radical (unpaired) electrons. The number of hydrogen-bond donors (Lipinski definition) is 1. The average molecular weight is 406 g/mol. The molecule has 3 heterocycles. The normalized spacial score (nSPS) is 12.3. The van der Waals surface area contributed by atoms with Crippen molar-refractivity contribution < 1.29 is 9.18 Å². The van der Waals surface area contributed by atoms with Gasteiger partial charge in [-0.25, -0.2) is 9.07 Å². The highest BCUT2D eigenvalue weighted by molar-refractivity contribution is 5.94. The van der Waals surface area contributed by atoms with Gasteiger partial charge in [0.1, 0.15) is 11.5 Å². The summed E-state index contributed by atoms with van der Waals surface area (Å²) in [5, 5.41) is 15.7. The maximum atomic E-state index is 14.8. The van der Waals surface area contributed by atoms with E-state index in [1.807, 2.05) is 55.6 Å². The molecule has 0 fully saturated rings. The van der Waals surface area contributed by atoms with Crippen LogP contribution >= 0.6 is 0 Å². The number of fused-ring (bicyclic) bond motifs is 1. The Hall–Kier alpha value is -3.55. The number of aromatic nitrogens is 5. The van der Waals surface area contributed by atoms with E-state index in [0.717, 1.165) is 17.8 Å². The van der Waals surface area contributed by atoms with Gasteiger partial charge >= 0.3 is 0 Å². The summed E-state index contributed by atoms with van der Waals surface area (Å²) < 4.78 is 18.2. The topological polar surface area (TPSA) is 77.1 Å². The number of hydrogen-bond acceptors (Lipinski definition) is 4. The summed E-state index contributed by atoms with van der Waals surface area (Å²) in [5.41, 5.74) is 2.89. The molecule has 0 saturated heterocycles. The molecule has 0 spiro atoms. The molecule has 1 unspecified atom stereocenters. The molecule has 154 valence electrons. The minimum absolute atomic E-state index is 0.243. The van der Waals surface area contributed by atoms with Gasteiger partial charge in [-0.15, -0.1) is 10.2 Å². The Morgan fingerprint density at radius 1 is 1.17 bits per heavy atom. The molecule has 8 heteroatoms. The Kier molecular flexibility index (Phi) is 5.31. The van der Waals surface area contributed by atoms with Crippen molar-refractivity contribution in [1.82, 2.24) is 29.7 Å². The van der Waals surface area contributed by atoms with E-state index in [1.165, 1.54) is 10.7 Å². The largest absolute Gasteiger partial charge is 0.342 e. The monoisotopic (exact) mass is 406 g/mol. The van der Waals surface area contributed by atoms with Crippen molar-refractivity contribution in [3.63, 3.8) is 0 Å². The van der Waals surface area contributed by atoms with Gasteiger partial charge in [-0.1, -0.05) is 19.4 Å². The highest BCUT2D eigenvalue weighted by Crippen LogP contribution is 2.21. The van der Waals surface area contributed by atoms with Crippen LogP contribution in [0.15, 0.2) is 48.7 Å². The Morgan fingerprint density at radius 2 is 2.00 bits per heavy atom. The molecule has 1 amide bonds. The Balaban J connectivity index is 1.60.